The summed E-state index contributed by atoms with van der Waals surface area (Å²) in [5.74, 6) is -0.180. The van der Waals surface area contributed by atoms with Crippen LogP contribution in [0.15, 0.2) is 56.7 Å². The van der Waals surface area contributed by atoms with Gasteiger partial charge in [-0.05, 0) is 29.8 Å². The van der Waals surface area contributed by atoms with Crippen molar-refractivity contribution in [3.63, 3.8) is 0 Å². The lowest BCUT2D eigenvalue weighted by molar-refractivity contribution is 0.584. The van der Waals surface area contributed by atoms with E-state index in [-0.39, 0.29) is 5.82 Å². The molecule has 2 aromatic carbocycles. The van der Waals surface area contributed by atoms with Gasteiger partial charge in [0.1, 0.15) is 5.82 Å². The third-order valence-corrected chi connectivity index (χ3v) is 4.43. The molecule has 0 bridgehead atoms. The first-order chi connectivity index (χ1) is 9.56. The summed E-state index contributed by atoms with van der Waals surface area (Å²) in [5.41, 5.74) is 1.18. The van der Waals surface area contributed by atoms with Gasteiger partial charge in [-0.15, -0.1) is 0 Å². The molecule has 106 valence electrons. The molecule has 1 nitrogen and oxygen atoms in total. The summed E-state index contributed by atoms with van der Waals surface area (Å²) >= 11 is 4.94. The Morgan fingerprint density at radius 3 is 2.60 bits per heavy atom. The van der Waals surface area contributed by atoms with Crippen LogP contribution in [0.1, 0.15) is 19.4 Å². The predicted octanol–water partition coefficient (Wildman–Crippen LogP) is 5.24. The Bertz CT molecular complexity index is 586. The van der Waals surface area contributed by atoms with Crippen molar-refractivity contribution in [3.05, 3.63) is 58.3 Å². The molecule has 2 rings (SSSR count). The SMILES string of the molecule is CC(C)NCc1ccc(Br)cc1Sc1ccccc1F. The van der Waals surface area contributed by atoms with Crippen LogP contribution >= 0.6 is 27.7 Å². The Balaban J connectivity index is 2.25. The molecule has 0 heterocycles. The molecular weight excluding hydrogens is 337 g/mol. The molecule has 0 saturated carbocycles. The summed E-state index contributed by atoms with van der Waals surface area (Å²) in [5, 5.41) is 3.40. The maximum atomic E-state index is 13.8. The first-order valence-electron chi connectivity index (χ1n) is 6.50. The summed E-state index contributed by atoms with van der Waals surface area (Å²) in [6.07, 6.45) is 0. The Morgan fingerprint density at radius 1 is 1.15 bits per heavy atom. The third kappa shape index (κ3) is 4.33. The minimum absolute atomic E-state index is 0.180. The first-order valence-corrected chi connectivity index (χ1v) is 8.11. The lowest BCUT2D eigenvalue weighted by Gasteiger charge is -2.13. The van der Waals surface area contributed by atoms with Gasteiger partial charge in [0.05, 0.1) is 0 Å². The fourth-order valence-corrected chi connectivity index (χ4v) is 3.25. The molecule has 0 aliphatic carbocycles. The highest BCUT2D eigenvalue weighted by Crippen LogP contribution is 2.34. The largest absolute Gasteiger partial charge is 0.310 e. The van der Waals surface area contributed by atoms with Gasteiger partial charge in [0, 0.05) is 26.9 Å². The highest BCUT2D eigenvalue weighted by atomic mass is 79.9. The second-order valence-corrected chi connectivity index (χ2v) is 6.82. The van der Waals surface area contributed by atoms with Crippen LogP contribution < -0.4 is 5.32 Å². The van der Waals surface area contributed by atoms with Gasteiger partial charge in [0.25, 0.3) is 0 Å². The topological polar surface area (TPSA) is 12.0 Å². The van der Waals surface area contributed by atoms with Crippen LogP contribution in [-0.2, 0) is 6.54 Å². The summed E-state index contributed by atoms with van der Waals surface area (Å²) in [4.78, 5) is 1.72. The van der Waals surface area contributed by atoms with Crippen molar-refractivity contribution >= 4 is 27.7 Å². The van der Waals surface area contributed by atoms with Gasteiger partial charge in [0.2, 0.25) is 0 Å². The molecule has 0 amide bonds. The van der Waals surface area contributed by atoms with Gasteiger partial charge in [-0.25, -0.2) is 4.39 Å². The monoisotopic (exact) mass is 353 g/mol. The van der Waals surface area contributed by atoms with E-state index >= 15 is 0 Å². The summed E-state index contributed by atoms with van der Waals surface area (Å²) in [7, 11) is 0. The maximum Gasteiger partial charge on any atom is 0.137 e. The summed E-state index contributed by atoms with van der Waals surface area (Å²) in [6.45, 7) is 5.01. The molecule has 0 aliphatic heterocycles. The van der Waals surface area contributed by atoms with E-state index in [1.54, 1.807) is 12.1 Å². The van der Waals surface area contributed by atoms with E-state index < -0.39 is 0 Å². The number of hydrogen-bond donors (Lipinski definition) is 1. The lowest BCUT2D eigenvalue weighted by Crippen LogP contribution is -2.22. The summed E-state index contributed by atoms with van der Waals surface area (Å²) < 4.78 is 14.8. The minimum atomic E-state index is -0.180. The molecule has 0 unspecified atom stereocenters. The predicted molar refractivity (Wildman–Crippen MR) is 86.6 cm³/mol. The van der Waals surface area contributed by atoms with Crippen LogP contribution in [-0.4, -0.2) is 6.04 Å². The molecule has 0 saturated heterocycles. The van der Waals surface area contributed by atoms with Gasteiger partial charge >= 0.3 is 0 Å². The fraction of sp³-hybridized carbons (Fsp3) is 0.250. The quantitative estimate of drug-likeness (QED) is 0.788. The normalized spacial score (nSPS) is 11.1. The van der Waals surface area contributed by atoms with Crippen molar-refractivity contribution in [3.8, 4) is 0 Å². The van der Waals surface area contributed by atoms with E-state index in [4.69, 9.17) is 0 Å². The van der Waals surface area contributed by atoms with Crippen molar-refractivity contribution in [2.75, 3.05) is 0 Å². The van der Waals surface area contributed by atoms with Crippen LogP contribution in [0.25, 0.3) is 0 Å². The Hall–Kier alpha value is -0.840. The highest BCUT2D eigenvalue weighted by molar-refractivity contribution is 9.10. The number of halogens is 2. The number of hydrogen-bond acceptors (Lipinski definition) is 2. The van der Waals surface area contributed by atoms with Crippen LogP contribution in [0, 0.1) is 5.82 Å². The van der Waals surface area contributed by atoms with Crippen molar-refractivity contribution in [2.24, 2.45) is 0 Å². The van der Waals surface area contributed by atoms with E-state index in [0.29, 0.717) is 10.9 Å². The second-order valence-electron chi connectivity index (χ2n) is 4.82. The zero-order chi connectivity index (χ0) is 14.5. The molecule has 0 atom stereocenters. The molecule has 0 fully saturated rings. The molecule has 4 heteroatoms. The summed E-state index contributed by atoms with van der Waals surface area (Å²) in [6, 6.07) is 13.4. The number of nitrogens with one attached hydrogen (secondary N) is 1. The Kier molecular flexibility index (Phi) is 5.64. The lowest BCUT2D eigenvalue weighted by atomic mass is 10.2. The van der Waals surface area contributed by atoms with Gasteiger partial charge in [-0.1, -0.05) is 59.7 Å². The first kappa shape index (κ1) is 15.5. The molecule has 1 N–H and O–H groups in total. The van der Waals surface area contributed by atoms with Gasteiger partial charge in [-0.2, -0.15) is 0 Å². The van der Waals surface area contributed by atoms with Gasteiger partial charge < -0.3 is 5.32 Å². The van der Waals surface area contributed by atoms with Crippen molar-refractivity contribution in [1.82, 2.24) is 5.32 Å². The van der Waals surface area contributed by atoms with E-state index in [1.807, 2.05) is 18.2 Å². The zero-order valence-corrected chi connectivity index (χ0v) is 13.9. The maximum absolute atomic E-state index is 13.8. The molecule has 0 spiro atoms. The zero-order valence-electron chi connectivity index (χ0n) is 11.5. The number of rotatable bonds is 5. The third-order valence-electron chi connectivity index (χ3n) is 2.79. The van der Waals surface area contributed by atoms with Crippen LogP contribution in [0.2, 0.25) is 0 Å². The van der Waals surface area contributed by atoms with Crippen molar-refractivity contribution in [1.29, 1.82) is 0 Å². The minimum Gasteiger partial charge on any atom is -0.310 e. The molecule has 0 aliphatic rings. The second kappa shape index (κ2) is 7.25. The Labute approximate surface area is 132 Å². The molecular formula is C16H17BrFNS. The van der Waals surface area contributed by atoms with E-state index in [0.717, 1.165) is 15.9 Å². The molecule has 2 aromatic rings. The van der Waals surface area contributed by atoms with Crippen LogP contribution in [0.4, 0.5) is 4.39 Å². The van der Waals surface area contributed by atoms with E-state index in [1.165, 1.54) is 23.4 Å². The van der Waals surface area contributed by atoms with Gasteiger partial charge in [0.15, 0.2) is 0 Å². The van der Waals surface area contributed by atoms with Crippen LogP contribution in [0.3, 0.4) is 0 Å². The fourth-order valence-electron chi connectivity index (χ4n) is 1.73. The number of benzene rings is 2. The molecule has 20 heavy (non-hydrogen) atoms. The smallest absolute Gasteiger partial charge is 0.137 e. The standard InChI is InChI=1S/C16H17BrFNS/c1-11(2)19-10-12-7-8-13(17)9-16(12)20-15-6-4-3-5-14(15)18/h3-9,11,19H,10H2,1-2H3. The highest BCUT2D eigenvalue weighted by Gasteiger charge is 2.09. The van der Waals surface area contributed by atoms with Crippen LogP contribution in [0.5, 0.6) is 0 Å². The molecule has 0 radical (unpaired) electrons. The average molecular weight is 354 g/mol. The van der Waals surface area contributed by atoms with Crippen molar-refractivity contribution in [2.45, 2.75) is 36.2 Å². The Morgan fingerprint density at radius 2 is 1.90 bits per heavy atom. The molecule has 0 aromatic heterocycles. The average Bonchev–Trinajstić information content (AvgIpc) is 2.40. The van der Waals surface area contributed by atoms with E-state index in [9.17, 15) is 4.39 Å². The van der Waals surface area contributed by atoms with Crippen molar-refractivity contribution < 1.29 is 4.39 Å². The van der Waals surface area contributed by atoms with Gasteiger partial charge in [-0.3, -0.25) is 0 Å². The van der Waals surface area contributed by atoms with E-state index in [2.05, 4.69) is 41.2 Å².